The highest BCUT2D eigenvalue weighted by Gasteiger charge is 1.83. The van der Waals surface area contributed by atoms with Crippen LogP contribution in [0.5, 0.6) is 0 Å². The molecule has 0 heterocycles. The second-order valence-corrected chi connectivity index (χ2v) is 2.97. The predicted octanol–water partition coefficient (Wildman–Crippen LogP) is 2.30. The first kappa shape index (κ1) is 9.85. The van der Waals surface area contributed by atoms with Gasteiger partial charge in [0.2, 0.25) is 0 Å². The quantitative estimate of drug-likeness (QED) is 0.497. The summed E-state index contributed by atoms with van der Waals surface area (Å²) in [6.45, 7) is 2.13. The number of hydrogen-bond acceptors (Lipinski definition) is 1. The Balaban J connectivity index is 3.10. The zero-order chi connectivity index (χ0) is 7.82. The third-order valence-corrected chi connectivity index (χ3v) is 1.61. The van der Waals surface area contributed by atoms with E-state index in [4.69, 9.17) is 4.55 Å². The van der Waals surface area contributed by atoms with Crippen molar-refractivity contribution in [3.05, 3.63) is 11.5 Å². The average Bonchev–Trinajstić information content (AvgIpc) is 1.87. The minimum Gasteiger partial charge on any atom is -0.303 e. The third kappa shape index (κ3) is 7.85. The zero-order valence-electron chi connectivity index (χ0n) is 6.25. The van der Waals surface area contributed by atoms with Crippen molar-refractivity contribution in [1.82, 2.24) is 0 Å². The molecule has 0 radical (unpaired) electrons. The molecule has 0 aliphatic rings. The fourth-order valence-corrected chi connectivity index (χ4v) is 0.963. The first-order chi connectivity index (χ1) is 4.77. The number of rotatable bonds is 5. The van der Waals surface area contributed by atoms with Crippen molar-refractivity contribution in [1.29, 1.82) is 0 Å². The zero-order valence-corrected chi connectivity index (χ0v) is 7.06. The molecule has 10 heavy (non-hydrogen) atoms. The van der Waals surface area contributed by atoms with E-state index in [0.717, 1.165) is 12.8 Å². The Morgan fingerprint density at radius 2 is 2.20 bits per heavy atom. The summed E-state index contributed by atoms with van der Waals surface area (Å²) in [7, 11) is 0. The molecular formula is C7H14O2S. The van der Waals surface area contributed by atoms with E-state index in [1.807, 2.05) is 0 Å². The minimum absolute atomic E-state index is 0.917. The molecule has 0 amide bonds. The summed E-state index contributed by atoms with van der Waals surface area (Å²) in [5.41, 5.74) is 0. The van der Waals surface area contributed by atoms with Gasteiger partial charge in [-0.25, -0.2) is 4.21 Å². The molecule has 1 unspecified atom stereocenters. The second-order valence-electron chi connectivity index (χ2n) is 2.14. The Morgan fingerprint density at radius 1 is 1.50 bits per heavy atom. The molecule has 0 spiro atoms. The molecule has 0 aliphatic heterocycles. The minimum atomic E-state index is -1.75. The highest BCUT2D eigenvalue weighted by molar-refractivity contribution is 7.82. The van der Waals surface area contributed by atoms with Crippen LogP contribution in [0.4, 0.5) is 0 Å². The van der Waals surface area contributed by atoms with Gasteiger partial charge in [0.05, 0.1) is 0 Å². The summed E-state index contributed by atoms with van der Waals surface area (Å²) in [5, 5.41) is 1.32. The molecule has 0 saturated heterocycles. The smallest absolute Gasteiger partial charge is 0.178 e. The third-order valence-electron chi connectivity index (χ3n) is 1.19. The van der Waals surface area contributed by atoms with E-state index in [1.54, 1.807) is 6.08 Å². The summed E-state index contributed by atoms with van der Waals surface area (Å²) in [6.07, 6.45) is 6.18. The molecule has 1 N–H and O–H groups in total. The average molecular weight is 162 g/mol. The maximum Gasteiger partial charge on any atom is 0.178 e. The molecule has 1 atom stereocenters. The molecule has 60 valence electrons. The fourth-order valence-electron chi connectivity index (χ4n) is 0.663. The van der Waals surface area contributed by atoms with Gasteiger partial charge < -0.3 is 4.55 Å². The Morgan fingerprint density at radius 3 is 2.70 bits per heavy atom. The molecule has 0 aliphatic carbocycles. The van der Waals surface area contributed by atoms with Crippen LogP contribution in [0.3, 0.4) is 0 Å². The molecule has 0 bridgehead atoms. The first-order valence-electron chi connectivity index (χ1n) is 3.53. The van der Waals surface area contributed by atoms with E-state index < -0.39 is 11.1 Å². The number of unbranched alkanes of at least 4 members (excludes halogenated alkanes) is 3. The van der Waals surface area contributed by atoms with E-state index in [2.05, 4.69) is 6.92 Å². The SMILES string of the molecule is CCCCCC=CS(=O)O. The topological polar surface area (TPSA) is 37.3 Å². The lowest BCUT2D eigenvalue weighted by atomic mass is 10.2. The molecular weight excluding hydrogens is 148 g/mol. The van der Waals surface area contributed by atoms with Crippen LogP contribution >= 0.6 is 0 Å². The largest absolute Gasteiger partial charge is 0.303 e. The standard InChI is InChI=1S/C7H14O2S/c1-2-3-4-5-6-7-10(8)9/h6-7H,2-5H2,1H3,(H,8,9). The first-order valence-corrected chi connectivity index (χ1v) is 4.70. The van der Waals surface area contributed by atoms with Crippen molar-refractivity contribution >= 4 is 11.1 Å². The van der Waals surface area contributed by atoms with E-state index in [9.17, 15) is 4.21 Å². The van der Waals surface area contributed by atoms with Gasteiger partial charge in [-0.05, 0) is 12.8 Å². The van der Waals surface area contributed by atoms with Crippen LogP contribution in [-0.4, -0.2) is 8.76 Å². The molecule has 0 aromatic rings. The molecule has 0 aromatic carbocycles. The van der Waals surface area contributed by atoms with Gasteiger partial charge in [-0.3, -0.25) is 0 Å². The highest BCUT2D eigenvalue weighted by atomic mass is 32.2. The van der Waals surface area contributed by atoms with Gasteiger partial charge in [0, 0.05) is 5.41 Å². The molecule has 0 fully saturated rings. The van der Waals surface area contributed by atoms with Crippen LogP contribution in [0.25, 0.3) is 0 Å². The van der Waals surface area contributed by atoms with E-state index in [-0.39, 0.29) is 0 Å². The van der Waals surface area contributed by atoms with Gasteiger partial charge in [0.1, 0.15) is 0 Å². The van der Waals surface area contributed by atoms with Crippen LogP contribution in [0.2, 0.25) is 0 Å². The van der Waals surface area contributed by atoms with Gasteiger partial charge >= 0.3 is 0 Å². The summed E-state index contributed by atoms with van der Waals surface area (Å²) in [6, 6.07) is 0. The van der Waals surface area contributed by atoms with Crippen LogP contribution in [-0.2, 0) is 11.1 Å². The van der Waals surface area contributed by atoms with Gasteiger partial charge in [-0.1, -0.05) is 25.8 Å². The van der Waals surface area contributed by atoms with Crippen LogP contribution in [0, 0.1) is 0 Å². The maximum atomic E-state index is 10.1. The lowest BCUT2D eigenvalue weighted by Crippen LogP contribution is -1.76. The normalized spacial score (nSPS) is 14.2. The molecule has 0 saturated carbocycles. The molecule has 0 rings (SSSR count). The Labute approximate surface area is 64.6 Å². The van der Waals surface area contributed by atoms with Crippen LogP contribution in [0.1, 0.15) is 32.6 Å². The van der Waals surface area contributed by atoms with Crippen molar-refractivity contribution < 1.29 is 8.76 Å². The second kappa shape index (κ2) is 6.96. The predicted molar refractivity (Wildman–Crippen MR) is 44.1 cm³/mol. The highest BCUT2D eigenvalue weighted by Crippen LogP contribution is 1.99. The Bertz CT molecular complexity index is 121. The number of allylic oxidation sites excluding steroid dienone is 1. The van der Waals surface area contributed by atoms with Gasteiger partial charge in [0.15, 0.2) is 11.1 Å². The van der Waals surface area contributed by atoms with Crippen molar-refractivity contribution in [2.24, 2.45) is 0 Å². The van der Waals surface area contributed by atoms with Crippen molar-refractivity contribution in [3.8, 4) is 0 Å². The Hall–Kier alpha value is -0.150. The van der Waals surface area contributed by atoms with E-state index in [1.165, 1.54) is 18.2 Å². The van der Waals surface area contributed by atoms with Gasteiger partial charge in [-0.2, -0.15) is 0 Å². The fraction of sp³-hybridized carbons (Fsp3) is 0.714. The van der Waals surface area contributed by atoms with Crippen molar-refractivity contribution in [2.75, 3.05) is 0 Å². The summed E-state index contributed by atoms with van der Waals surface area (Å²) < 4.78 is 18.4. The van der Waals surface area contributed by atoms with Crippen LogP contribution < -0.4 is 0 Å². The monoisotopic (exact) mass is 162 g/mol. The lowest BCUT2D eigenvalue weighted by molar-refractivity contribution is 0.574. The van der Waals surface area contributed by atoms with Crippen molar-refractivity contribution in [2.45, 2.75) is 32.6 Å². The number of hydrogen-bond donors (Lipinski definition) is 1. The van der Waals surface area contributed by atoms with Gasteiger partial charge in [0.25, 0.3) is 0 Å². The van der Waals surface area contributed by atoms with Crippen molar-refractivity contribution in [3.63, 3.8) is 0 Å². The van der Waals surface area contributed by atoms with Gasteiger partial charge in [-0.15, -0.1) is 0 Å². The van der Waals surface area contributed by atoms with E-state index in [0.29, 0.717) is 0 Å². The molecule has 0 aromatic heterocycles. The molecule has 3 heteroatoms. The molecule has 2 nitrogen and oxygen atoms in total. The maximum absolute atomic E-state index is 10.1. The van der Waals surface area contributed by atoms with E-state index >= 15 is 0 Å². The summed E-state index contributed by atoms with van der Waals surface area (Å²) in [5.74, 6) is 0. The summed E-state index contributed by atoms with van der Waals surface area (Å²) >= 11 is -1.75. The lowest BCUT2D eigenvalue weighted by Gasteiger charge is -1.89. The van der Waals surface area contributed by atoms with Crippen LogP contribution in [0.15, 0.2) is 11.5 Å². The summed E-state index contributed by atoms with van der Waals surface area (Å²) in [4.78, 5) is 0. The Kier molecular flexibility index (Phi) is 6.86.